The van der Waals surface area contributed by atoms with Crippen molar-refractivity contribution in [3.8, 4) is 6.07 Å². The molecule has 0 fully saturated rings. The predicted octanol–water partition coefficient (Wildman–Crippen LogP) is 4.86. The highest BCUT2D eigenvalue weighted by Crippen LogP contribution is 2.63. The molecule has 0 aromatic heterocycles. The Morgan fingerprint density at radius 1 is 1.40 bits per heavy atom. The predicted molar refractivity (Wildman–Crippen MR) is 82.6 cm³/mol. The summed E-state index contributed by atoms with van der Waals surface area (Å²) >= 11 is 1.15. The van der Waals surface area contributed by atoms with Crippen LogP contribution < -0.4 is 0 Å². The largest absolute Gasteiger partial charge is 0.390 e. The molecular weight excluding hydrogens is 293 g/mol. The first kappa shape index (κ1) is 17.3. The Balaban J connectivity index is 2.93. The van der Waals surface area contributed by atoms with Crippen LogP contribution in [0.2, 0.25) is 0 Å². The summed E-state index contributed by atoms with van der Waals surface area (Å²) < 4.78 is 23.4. The van der Waals surface area contributed by atoms with Gasteiger partial charge in [-0.05, 0) is 42.8 Å². The van der Waals surface area contributed by atoms with E-state index in [1.807, 2.05) is 38.1 Å². The second kappa shape index (κ2) is 8.49. The smallest absolute Gasteiger partial charge is 0.301 e. The molecule has 0 spiro atoms. The standard InChI is InChI=1S/C14H20NO3PS/c1-4-10-20-19(16,17-5-2)18-14(11-15)13-9-7-6-8-12(13)3/h6-9,14H,4-5,10H2,1-3H3. The maximum Gasteiger partial charge on any atom is 0.390 e. The fourth-order valence-corrected chi connectivity index (χ4v) is 5.16. The molecule has 2 atom stereocenters. The van der Waals surface area contributed by atoms with Gasteiger partial charge in [-0.3, -0.25) is 4.52 Å². The van der Waals surface area contributed by atoms with Crippen molar-refractivity contribution >= 4 is 18.2 Å². The van der Waals surface area contributed by atoms with E-state index in [0.29, 0.717) is 12.4 Å². The molecule has 0 radical (unpaired) electrons. The van der Waals surface area contributed by atoms with Crippen molar-refractivity contribution in [3.05, 3.63) is 35.4 Å². The summed E-state index contributed by atoms with van der Waals surface area (Å²) in [6.45, 7) is 2.64. The van der Waals surface area contributed by atoms with E-state index in [1.54, 1.807) is 6.92 Å². The number of rotatable bonds is 8. The van der Waals surface area contributed by atoms with Crippen LogP contribution in [0.3, 0.4) is 0 Å². The molecule has 0 bridgehead atoms. The molecule has 20 heavy (non-hydrogen) atoms. The third kappa shape index (κ3) is 4.96. The molecule has 110 valence electrons. The highest BCUT2D eigenvalue weighted by atomic mass is 32.7. The van der Waals surface area contributed by atoms with Crippen molar-refractivity contribution in [1.29, 1.82) is 5.26 Å². The number of hydrogen-bond donors (Lipinski definition) is 0. The van der Waals surface area contributed by atoms with Crippen LogP contribution in [0.15, 0.2) is 24.3 Å². The molecule has 0 saturated heterocycles. The minimum absolute atomic E-state index is 0.292. The molecule has 0 N–H and O–H groups in total. The van der Waals surface area contributed by atoms with E-state index >= 15 is 0 Å². The van der Waals surface area contributed by atoms with Crippen LogP contribution in [0.4, 0.5) is 0 Å². The molecule has 1 aromatic rings. The van der Waals surface area contributed by atoms with Gasteiger partial charge in [-0.15, -0.1) is 0 Å². The topological polar surface area (TPSA) is 59.3 Å². The van der Waals surface area contributed by atoms with Crippen LogP contribution in [0, 0.1) is 18.3 Å². The highest BCUT2D eigenvalue weighted by Gasteiger charge is 2.30. The summed E-state index contributed by atoms with van der Waals surface area (Å²) in [5, 5.41) is 9.30. The SMILES string of the molecule is CCCSP(=O)(OCC)OC(C#N)c1ccccc1C. The third-order valence-corrected chi connectivity index (χ3v) is 6.58. The zero-order valence-corrected chi connectivity index (χ0v) is 13.7. The van der Waals surface area contributed by atoms with E-state index in [-0.39, 0.29) is 0 Å². The Kier molecular flexibility index (Phi) is 7.32. The first-order valence-corrected chi connectivity index (χ1v) is 9.72. The molecule has 0 heterocycles. The average Bonchev–Trinajstić information content (AvgIpc) is 2.44. The van der Waals surface area contributed by atoms with Gasteiger partial charge >= 0.3 is 6.80 Å². The summed E-state index contributed by atoms with van der Waals surface area (Å²) in [7, 11) is 0. The lowest BCUT2D eigenvalue weighted by Gasteiger charge is -2.20. The van der Waals surface area contributed by atoms with Crippen LogP contribution in [0.25, 0.3) is 0 Å². The summed E-state index contributed by atoms with van der Waals surface area (Å²) in [4.78, 5) is 0. The van der Waals surface area contributed by atoms with Gasteiger partial charge < -0.3 is 4.52 Å². The van der Waals surface area contributed by atoms with Crippen LogP contribution in [0.1, 0.15) is 37.5 Å². The number of hydrogen-bond acceptors (Lipinski definition) is 5. The lowest BCUT2D eigenvalue weighted by atomic mass is 10.0. The van der Waals surface area contributed by atoms with E-state index in [2.05, 4.69) is 6.07 Å². The van der Waals surface area contributed by atoms with Gasteiger partial charge in [-0.2, -0.15) is 5.26 Å². The number of aryl methyl sites for hydroxylation is 1. The minimum atomic E-state index is -3.30. The minimum Gasteiger partial charge on any atom is -0.301 e. The molecule has 1 aromatic carbocycles. The molecule has 0 aliphatic heterocycles. The van der Waals surface area contributed by atoms with Gasteiger partial charge in [-0.25, -0.2) is 4.57 Å². The molecule has 0 aliphatic carbocycles. The molecule has 6 heteroatoms. The zero-order chi connectivity index (χ0) is 15.0. The monoisotopic (exact) mass is 313 g/mol. The van der Waals surface area contributed by atoms with Crippen molar-refractivity contribution in [2.24, 2.45) is 0 Å². The van der Waals surface area contributed by atoms with Crippen molar-refractivity contribution < 1.29 is 13.6 Å². The molecule has 2 unspecified atom stereocenters. The fourth-order valence-electron chi connectivity index (χ4n) is 1.62. The summed E-state index contributed by atoms with van der Waals surface area (Å²) in [6, 6.07) is 9.49. The fraction of sp³-hybridized carbons (Fsp3) is 0.500. The van der Waals surface area contributed by atoms with E-state index in [0.717, 1.165) is 28.9 Å². The Hall–Kier alpha value is -0.790. The number of nitrogens with zero attached hydrogens (tertiary/aromatic N) is 1. The Morgan fingerprint density at radius 2 is 2.10 bits per heavy atom. The Labute approximate surface area is 124 Å². The second-order valence-electron chi connectivity index (χ2n) is 4.17. The number of nitriles is 1. The van der Waals surface area contributed by atoms with Gasteiger partial charge in [0.2, 0.25) is 0 Å². The average molecular weight is 313 g/mol. The van der Waals surface area contributed by atoms with E-state index in [1.165, 1.54) is 0 Å². The third-order valence-electron chi connectivity index (χ3n) is 2.56. The van der Waals surface area contributed by atoms with Crippen LogP contribution >= 0.6 is 18.2 Å². The van der Waals surface area contributed by atoms with Crippen LogP contribution in [-0.4, -0.2) is 12.4 Å². The summed E-state index contributed by atoms with van der Waals surface area (Å²) in [5.74, 6) is 0.670. The van der Waals surface area contributed by atoms with Gasteiger partial charge in [-0.1, -0.05) is 31.2 Å². The summed E-state index contributed by atoms with van der Waals surface area (Å²) in [6.07, 6.45) is -0.00917. The number of benzene rings is 1. The lowest BCUT2D eigenvalue weighted by Crippen LogP contribution is -2.03. The molecule has 0 saturated carbocycles. The molecule has 1 rings (SSSR count). The van der Waals surface area contributed by atoms with Crippen LogP contribution in [0.5, 0.6) is 0 Å². The molecule has 4 nitrogen and oxygen atoms in total. The maximum atomic E-state index is 12.6. The van der Waals surface area contributed by atoms with Crippen LogP contribution in [-0.2, 0) is 13.6 Å². The van der Waals surface area contributed by atoms with E-state index in [9.17, 15) is 9.83 Å². The van der Waals surface area contributed by atoms with Gasteiger partial charge in [0, 0.05) is 5.75 Å². The maximum absolute atomic E-state index is 12.6. The van der Waals surface area contributed by atoms with Crippen molar-refractivity contribution in [1.82, 2.24) is 0 Å². The van der Waals surface area contributed by atoms with E-state index in [4.69, 9.17) is 9.05 Å². The van der Waals surface area contributed by atoms with Gasteiger partial charge in [0.1, 0.15) is 0 Å². The van der Waals surface area contributed by atoms with Crippen molar-refractivity contribution in [2.75, 3.05) is 12.4 Å². The second-order valence-corrected chi connectivity index (χ2v) is 8.32. The normalized spacial score (nSPS) is 15.3. The Bertz CT molecular complexity index is 515. The Morgan fingerprint density at radius 3 is 2.65 bits per heavy atom. The first-order chi connectivity index (χ1) is 9.56. The van der Waals surface area contributed by atoms with Crippen molar-refractivity contribution in [3.63, 3.8) is 0 Å². The first-order valence-electron chi connectivity index (χ1n) is 6.59. The van der Waals surface area contributed by atoms with Gasteiger partial charge in [0.15, 0.2) is 6.10 Å². The zero-order valence-electron chi connectivity index (χ0n) is 12.0. The quantitative estimate of drug-likeness (QED) is 0.641. The van der Waals surface area contributed by atoms with Gasteiger partial charge in [0.25, 0.3) is 0 Å². The molecule has 0 amide bonds. The molecule has 0 aliphatic rings. The van der Waals surface area contributed by atoms with Gasteiger partial charge in [0.05, 0.1) is 12.7 Å². The van der Waals surface area contributed by atoms with E-state index < -0.39 is 12.9 Å². The molecular formula is C14H20NO3PS. The van der Waals surface area contributed by atoms with Crippen molar-refractivity contribution in [2.45, 2.75) is 33.3 Å². The lowest BCUT2D eigenvalue weighted by molar-refractivity contribution is 0.197. The highest BCUT2D eigenvalue weighted by molar-refractivity contribution is 8.55. The summed E-state index contributed by atoms with van der Waals surface area (Å²) in [5.41, 5.74) is 1.66.